The maximum Gasteiger partial charge on any atom is 0.408 e. The number of H-pyrrole nitrogens is 1. The van der Waals surface area contributed by atoms with Crippen LogP contribution in [0.25, 0.3) is 10.9 Å². The van der Waals surface area contributed by atoms with Crippen LogP contribution >= 0.6 is 0 Å². The number of rotatable bonds is 13. The second kappa shape index (κ2) is 13.6. The fourth-order valence-corrected chi connectivity index (χ4v) is 8.12. The van der Waals surface area contributed by atoms with Crippen LogP contribution in [-0.2, 0) is 30.2 Å². The highest BCUT2D eigenvalue weighted by molar-refractivity contribution is 5.91. The summed E-state index contributed by atoms with van der Waals surface area (Å²) >= 11 is 0. The number of benzene rings is 2. The summed E-state index contributed by atoms with van der Waals surface area (Å²) in [5.41, 5.74) is 1.45. The lowest BCUT2D eigenvalue weighted by molar-refractivity contribution is -0.145. The molecule has 9 nitrogen and oxygen atoms in total. The van der Waals surface area contributed by atoms with E-state index in [1.54, 1.807) is 13.8 Å². The van der Waals surface area contributed by atoms with E-state index in [0.717, 1.165) is 59.5 Å². The molecule has 7 rings (SSSR count). The van der Waals surface area contributed by atoms with E-state index in [9.17, 15) is 14.4 Å². The Balaban J connectivity index is 1.17. The SMILES string of the molecule is CCOC(=O)CCO[C@@H](CNC(=O)[C@@](C)(Cc1c[nH]c2ccccc12)NC(=O)OC1C2CC3CC(C2)CC1C3)c1ccccc1. The van der Waals surface area contributed by atoms with Crippen LogP contribution in [0.15, 0.2) is 60.8 Å². The van der Waals surface area contributed by atoms with Crippen molar-refractivity contribution in [1.29, 1.82) is 0 Å². The lowest BCUT2D eigenvalue weighted by Gasteiger charge is -2.53. The lowest BCUT2D eigenvalue weighted by atomic mass is 9.55. The van der Waals surface area contributed by atoms with Gasteiger partial charge in [0.2, 0.25) is 5.91 Å². The largest absolute Gasteiger partial charge is 0.466 e. The number of hydrogen-bond acceptors (Lipinski definition) is 6. The Labute approximate surface area is 264 Å². The number of esters is 1. The van der Waals surface area contributed by atoms with Gasteiger partial charge in [0, 0.05) is 30.1 Å². The van der Waals surface area contributed by atoms with E-state index >= 15 is 0 Å². The Morgan fingerprint density at radius 1 is 0.956 bits per heavy atom. The molecule has 2 atom stereocenters. The third kappa shape index (κ3) is 7.19. The number of aromatic amines is 1. The van der Waals surface area contributed by atoms with Crippen molar-refractivity contribution in [1.82, 2.24) is 15.6 Å². The predicted octanol–water partition coefficient (Wildman–Crippen LogP) is 5.85. The standard InChI is InChI=1S/C36H45N3O6/c1-3-43-32(40)13-14-44-31(25-9-5-4-6-10-25)22-38-34(41)36(2,20-28-21-37-30-12-8-7-11-29(28)30)39-35(42)45-33-26-16-23-15-24(18-26)19-27(33)17-23/h4-12,21,23-24,26-27,31,33,37H,3,13-20,22H2,1-2H3,(H,38,41)(H,39,42)/t23?,24?,26?,27?,31-,33?,36+/m0/s1. The van der Waals surface area contributed by atoms with Gasteiger partial charge in [-0.2, -0.15) is 0 Å². The molecule has 9 heteroatoms. The van der Waals surface area contributed by atoms with Gasteiger partial charge in [-0.25, -0.2) is 4.79 Å². The summed E-state index contributed by atoms with van der Waals surface area (Å²) < 4.78 is 17.3. The zero-order chi connectivity index (χ0) is 31.4. The minimum Gasteiger partial charge on any atom is -0.466 e. The number of ether oxygens (including phenoxy) is 3. The first-order valence-corrected chi connectivity index (χ1v) is 16.5. The molecule has 0 spiro atoms. The fourth-order valence-electron chi connectivity index (χ4n) is 8.12. The van der Waals surface area contributed by atoms with Crippen LogP contribution in [0.1, 0.15) is 69.6 Å². The molecule has 0 unspecified atom stereocenters. The van der Waals surface area contributed by atoms with E-state index in [1.807, 2.05) is 60.8 Å². The van der Waals surface area contributed by atoms with Crippen molar-refractivity contribution in [2.45, 2.75) is 76.5 Å². The first-order valence-electron chi connectivity index (χ1n) is 16.5. The zero-order valence-electron chi connectivity index (χ0n) is 26.3. The van der Waals surface area contributed by atoms with Crippen molar-refractivity contribution in [3.05, 3.63) is 71.9 Å². The van der Waals surface area contributed by atoms with Gasteiger partial charge in [0.25, 0.3) is 0 Å². The zero-order valence-corrected chi connectivity index (χ0v) is 26.3. The Bertz CT molecular complexity index is 1460. The summed E-state index contributed by atoms with van der Waals surface area (Å²) in [5.74, 6) is 1.69. The molecule has 0 aliphatic heterocycles. The summed E-state index contributed by atoms with van der Waals surface area (Å²) in [4.78, 5) is 42.8. The number of para-hydroxylation sites is 1. The van der Waals surface area contributed by atoms with Crippen LogP contribution in [0.4, 0.5) is 4.79 Å². The first-order chi connectivity index (χ1) is 21.8. The number of alkyl carbamates (subject to hydrolysis) is 1. The summed E-state index contributed by atoms with van der Waals surface area (Å²) in [6.07, 6.45) is 7.00. The van der Waals surface area contributed by atoms with E-state index in [2.05, 4.69) is 15.6 Å². The number of fused-ring (bicyclic) bond motifs is 1. The fraction of sp³-hybridized carbons (Fsp3) is 0.528. The molecular formula is C36H45N3O6. The molecule has 3 N–H and O–H groups in total. The average molecular weight is 616 g/mol. The van der Waals surface area contributed by atoms with E-state index < -0.39 is 17.7 Å². The molecule has 3 aromatic rings. The van der Waals surface area contributed by atoms with Crippen molar-refractivity contribution >= 4 is 28.9 Å². The minimum atomic E-state index is -1.31. The minimum absolute atomic E-state index is 0.0894. The highest BCUT2D eigenvalue weighted by atomic mass is 16.6. The molecular weight excluding hydrogens is 570 g/mol. The van der Waals surface area contributed by atoms with E-state index in [4.69, 9.17) is 14.2 Å². The van der Waals surface area contributed by atoms with Crippen LogP contribution in [0.2, 0.25) is 0 Å². The molecule has 0 radical (unpaired) electrons. The second-order valence-electron chi connectivity index (χ2n) is 13.3. The number of amides is 2. The number of aromatic nitrogens is 1. The van der Waals surface area contributed by atoms with Gasteiger partial charge in [-0.15, -0.1) is 0 Å². The number of nitrogens with one attached hydrogen (secondary N) is 3. The van der Waals surface area contributed by atoms with Crippen LogP contribution in [0.5, 0.6) is 0 Å². The highest BCUT2D eigenvalue weighted by Crippen LogP contribution is 2.54. The summed E-state index contributed by atoms with van der Waals surface area (Å²) in [5, 5.41) is 7.04. The summed E-state index contributed by atoms with van der Waals surface area (Å²) in [6, 6.07) is 17.5. The quantitative estimate of drug-likeness (QED) is 0.208. The molecule has 4 saturated carbocycles. The lowest BCUT2D eigenvalue weighted by Crippen LogP contribution is -2.60. The summed E-state index contributed by atoms with van der Waals surface area (Å²) in [6.45, 7) is 4.13. The normalized spacial score (nSPS) is 25.3. The Morgan fingerprint density at radius 2 is 1.64 bits per heavy atom. The van der Waals surface area contributed by atoms with Gasteiger partial charge in [0.1, 0.15) is 11.6 Å². The van der Waals surface area contributed by atoms with Gasteiger partial charge < -0.3 is 29.8 Å². The van der Waals surface area contributed by atoms with Crippen molar-refractivity contribution in [2.75, 3.05) is 19.8 Å². The number of carbonyl (C=O) groups is 3. The Hall–Kier alpha value is -3.85. The van der Waals surface area contributed by atoms with Gasteiger partial charge in [-0.1, -0.05) is 48.5 Å². The molecule has 4 aliphatic rings. The van der Waals surface area contributed by atoms with Crippen molar-refractivity contribution in [3.8, 4) is 0 Å². The number of carbonyl (C=O) groups excluding carboxylic acids is 3. The van der Waals surface area contributed by atoms with E-state index in [0.29, 0.717) is 18.4 Å². The Kier molecular flexibility index (Phi) is 9.45. The predicted molar refractivity (Wildman–Crippen MR) is 170 cm³/mol. The molecule has 2 amide bonds. The third-order valence-corrected chi connectivity index (χ3v) is 10.0. The maximum absolute atomic E-state index is 14.1. The third-order valence-electron chi connectivity index (χ3n) is 10.0. The molecule has 4 fully saturated rings. The topological polar surface area (TPSA) is 119 Å². The van der Waals surface area contributed by atoms with Gasteiger partial charge in [-0.05, 0) is 86.8 Å². The monoisotopic (exact) mass is 615 g/mol. The highest BCUT2D eigenvalue weighted by Gasteiger charge is 2.50. The molecule has 240 valence electrons. The molecule has 1 heterocycles. The second-order valence-corrected chi connectivity index (χ2v) is 13.3. The van der Waals surface area contributed by atoms with Crippen LogP contribution in [0, 0.1) is 23.7 Å². The molecule has 1 aromatic heterocycles. The molecule has 2 aromatic carbocycles. The molecule has 0 saturated heterocycles. The van der Waals surface area contributed by atoms with Crippen molar-refractivity contribution < 1.29 is 28.6 Å². The van der Waals surface area contributed by atoms with Crippen LogP contribution in [-0.4, -0.2) is 54.4 Å². The van der Waals surface area contributed by atoms with Gasteiger partial charge >= 0.3 is 12.1 Å². The van der Waals surface area contributed by atoms with Crippen molar-refractivity contribution in [2.24, 2.45) is 23.7 Å². The van der Waals surface area contributed by atoms with Crippen LogP contribution < -0.4 is 10.6 Å². The van der Waals surface area contributed by atoms with Gasteiger partial charge in [0.15, 0.2) is 0 Å². The smallest absolute Gasteiger partial charge is 0.408 e. The van der Waals surface area contributed by atoms with E-state index in [1.165, 1.54) is 6.42 Å². The van der Waals surface area contributed by atoms with Crippen molar-refractivity contribution in [3.63, 3.8) is 0 Å². The van der Waals surface area contributed by atoms with Crippen LogP contribution in [0.3, 0.4) is 0 Å². The van der Waals surface area contributed by atoms with Gasteiger partial charge in [-0.3, -0.25) is 9.59 Å². The molecule has 4 aliphatic carbocycles. The molecule has 45 heavy (non-hydrogen) atoms. The molecule has 4 bridgehead atoms. The first kappa shape index (κ1) is 31.1. The van der Waals surface area contributed by atoms with Gasteiger partial charge in [0.05, 0.1) is 25.7 Å². The average Bonchev–Trinajstić information content (AvgIpc) is 3.43. The summed E-state index contributed by atoms with van der Waals surface area (Å²) in [7, 11) is 0. The maximum atomic E-state index is 14.1. The number of hydrogen-bond donors (Lipinski definition) is 3. The van der Waals surface area contributed by atoms with E-state index in [-0.39, 0.29) is 44.0 Å². The Morgan fingerprint density at radius 3 is 2.36 bits per heavy atom.